The van der Waals surface area contributed by atoms with Gasteiger partial charge in [0, 0.05) is 37.1 Å². The topological polar surface area (TPSA) is 58.4 Å². The lowest BCUT2D eigenvalue weighted by molar-refractivity contribution is -0.125. The number of carbonyl (C=O) groups is 1. The third-order valence-electron chi connectivity index (χ3n) is 5.53. The van der Waals surface area contributed by atoms with E-state index in [1.165, 1.54) is 11.1 Å². The van der Waals surface area contributed by atoms with Crippen molar-refractivity contribution in [3.8, 4) is 0 Å². The number of nitrogens with one attached hydrogen (secondary N) is 1. The Morgan fingerprint density at radius 2 is 2.04 bits per heavy atom. The van der Waals surface area contributed by atoms with E-state index in [4.69, 9.17) is 5.73 Å². The second kappa shape index (κ2) is 6.62. The van der Waals surface area contributed by atoms with E-state index < -0.39 is 0 Å². The summed E-state index contributed by atoms with van der Waals surface area (Å²) in [4.78, 5) is 14.8. The molecule has 1 amide bonds. The molecule has 1 aromatic carbocycles. The minimum absolute atomic E-state index is 0.0378. The number of amides is 1. The zero-order valence-corrected chi connectivity index (χ0v) is 14.3. The first-order valence-corrected chi connectivity index (χ1v) is 8.81. The molecule has 1 saturated carbocycles. The van der Waals surface area contributed by atoms with E-state index in [0.717, 1.165) is 38.8 Å². The van der Waals surface area contributed by atoms with Crippen LogP contribution in [0, 0.1) is 5.92 Å². The lowest BCUT2D eigenvalue weighted by atomic mass is 9.94. The predicted molar refractivity (Wildman–Crippen MR) is 93.0 cm³/mol. The monoisotopic (exact) mass is 315 g/mol. The van der Waals surface area contributed by atoms with Gasteiger partial charge in [0.05, 0.1) is 0 Å². The number of benzene rings is 1. The molecule has 0 aromatic heterocycles. The Balaban J connectivity index is 1.56. The predicted octanol–water partition coefficient (Wildman–Crippen LogP) is 2.07. The van der Waals surface area contributed by atoms with Crippen LogP contribution in [0.25, 0.3) is 0 Å². The fraction of sp³-hybridized carbons (Fsp3) is 0.632. The quantitative estimate of drug-likeness (QED) is 0.894. The van der Waals surface area contributed by atoms with Gasteiger partial charge in [-0.2, -0.15) is 0 Å². The van der Waals surface area contributed by atoms with Crippen molar-refractivity contribution in [2.45, 2.75) is 57.7 Å². The van der Waals surface area contributed by atoms with Gasteiger partial charge in [0.25, 0.3) is 0 Å². The lowest BCUT2D eigenvalue weighted by Crippen LogP contribution is -2.53. The Morgan fingerprint density at radius 1 is 1.30 bits per heavy atom. The normalized spacial score (nSPS) is 25.2. The summed E-state index contributed by atoms with van der Waals surface area (Å²) in [7, 11) is 0. The minimum atomic E-state index is -0.0378. The first-order chi connectivity index (χ1) is 11.0. The molecule has 1 aliphatic carbocycles. The van der Waals surface area contributed by atoms with Gasteiger partial charge in [0.15, 0.2) is 0 Å². The number of fused-ring (bicyclic) bond motifs is 1. The van der Waals surface area contributed by atoms with Gasteiger partial charge in [-0.15, -0.1) is 0 Å². The molecule has 1 aliphatic heterocycles. The second-order valence-electron chi connectivity index (χ2n) is 7.74. The van der Waals surface area contributed by atoms with Crippen LogP contribution in [0.1, 0.15) is 44.2 Å². The molecule has 3 N–H and O–H groups in total. The van der Waals surface area contributed by atoms with E-state index in [1.807, 2.05) is 0 Å². The van der Waals surface area contributed by atoms with Crippen LogP contribution in [0.4, 0.5) is 0 Å². The van der Waals surface area contributed by atoms with Gasteiger partial charge >= 0.3 is 0 Å². The van der Waals surface area contributed by atoms with E-state index >= 15 is 0 Å². The summed E-state index contributed by atoms with van der Waals surface area (Å²) < 4.78 is 0. The van der Waals surface area contributed by atoms with Crippen LogP contribution in [0.15, 0.2) is 24.3 Å². The molecule has 1 aromatic rings. The molecular weight excluding hydrogens is 286 g/mol. The Hall–Kier alpha value is -1.39. The first-order valence-electron chi connectivity index (χ1n) is 8.81. The second-order valence-corrected chi connectivity index (χ2v) is 7.74. The molecule has 0 saturated heterocycles. The Morgan fingerprint density at radius 3 is 2.74 bits per heavy atom. The maximum atomic E-state index is 12.3. The van der Waals surface area contributed by atoms with Crippen molar-refractivity contribution in [1.29, 1.82) is 0 Å². The SMILES string of the molecule is CC(C)(CNC(=O)C1CCC(N)C1)N1CCc2ccccc2C1. The van der Waals surface area contributed by atoms with Gasteiger partial charge < -0.3 is 11.1 Å². The molecule has 2 aliphatic rings. The van der Waals surface area contributed by atoms with Crippen molar-refractivity contribution in [2.24, 2.45) is 11.7 Å². The van der Waals surface area contributed by atoms with Crippen LogP contribution in [-0.4, -0.2) is 35.5 Å². The van der Waals surface area contributed by atoms with Gasteiger partial charge in [-0.25, -0.2) is 0 Å². The van der Waals surface area contributed by atoms with Crippen molar-refractivity contribution >= 4 is 5.91 Å². The molecule has 4 nitrogen and oxygen atoms in total. The number of hydrogen-bond acceptors (Lipinski definition) is 3. The van der Waals surface area contributed by atoms with E-state index in [-0.39, 0.29) is 23.4 Å². The highest BCUT2D eigenvalue weighted by Crippen LogP contribution is 2.26. The number of nitrogens with zero attached hydrogens (tertiary/aromatic N) is 1. The number of nitrogens with two attached hydrogens (primary N) is 1. The molecule has 3 rings (SSSR count). The van der Waals surface area contributed by atoms with Crippen molar-refractivity contribution in [3.63, 3.8) is 0 Å². The van der Waals surface area contributed by atoms with Crippen LogP contribution >= 0.6 is 0 Å². The van der Waals surface area contributed by atoms with Crippen molar-refractivity contribution in [3.05, 3.63) is 35.4 Å². The summed E-state index contributed by atoms with van der Waals surface area (Å²) in [6.07, 6.45) is 3.84. The van der Waals surface area contributed by atoms with Crippen molar-refractivity contribution in [2.75, 3.05) is 13.1 Å². The summed E-state index contributed by atoms with van der Waals surface area (Å²) in [6, 6.07) is 8.88. The molecule has 23 heavy (non-hydrogen) atoms. The highest BCUT2D eigenvalue weighted by Gasteiger charge is 2.32. The van der Waals surface area contributed by atoms with E-state index in [2.05, 4.69) is 48.3 Å². The molecule has 4 heteroatoms. The van der Waals surface area contributed by atoms with Gasteiger partial charge in [0.1, 0.15) is 0 Å². The maximum Gasteiger partial charge on any atom is 0.223 e. The van der Waals surface area contributed by atoms with E-state index in [9.17, 15) is 4.79 Å². The summed E-state index contributed by atoms with van der Waals surface area (Å²) in [5.41, 5.74) is 8.76. The number of carbonyl (C=O) groups excluding carboxylic acids is 1. The third kappa shape index (κ3) is 3.75. The fourth-order valence-electron chi connectivity index (χ4n) is 3.83. The molecule has 1 fully saturated rings. The van der Waals surface area contributed by atoms with Gasteiger partial charge in [0.2, 0.25) is 5.91 Å². The highest BCUT2D eigenvalue weighted by molar-refractivity contribution is 5.79. The zero-order valence-electron chi connectivity index (χ0n) is 14.3. The molecule has 0 radical (unpaired) electrons. The molecule has 126 valence electrons. The number of hydrogen-bond donors (Lipinski definition) is 2. The molecule has 0 bridgehead atoms. The van der Waals surface area contributed by atoms with Crippen molar-refractivity contribution in [1.82, 2.24) is 10.2 Å². The summed E-state index contributed by atoms with van der Waals surface area (Å²) in [5, 5.41) is 3.17. The fourth-order valence-corrected chi connectivity index (χ4v) is 3.83. The van der Waals surface area contributed by atoms with Crippen LogP contribution < -0.4 is 11.1 Å². The lowest BCUT2D eigenvalue weighted by Gasteiger charge is -2.41. The Labute approximate surface area is 139 Å². The maximum absolute atomic E-state index is 12.3. The van der Waals surface area contributed by atoms with Crippen LogP contribution in [0.3, 0.4) is 0 Å². The smallest absolute Gasteiger partial charge is 0.223 e. The Kier molecular flexibility index (Phi) is 4.74. The van der Waals surface area contributed by atoms with Crippen LogP contribution in [0.5, 0.6) is 0 Å². The standard InChI is InChI=1S/C19H29N3O/c1-19(2,13-21-18(23)15-7-8-17(20)11-15)22-10-9-14-5-3-4-6-16(14)12-22/h3-6,15,17H,7-13,20H2,1-2H3,(H,21,23). The Bertz CT molecular complexity index is 569. The van der Waals surface area contributed by atoms with E-state index in [0.29, 0.717) is 6.54 Å². The van der Waals surface area contributed by atoms with Gasteiger partial charge in [-0.05, 0) is 50.7 Å². The van der Waals surface area contributed by atoms with Crippen LogP contribution in [0.2, 0.25) is 0 Å². The summed E-state index contributed by atoms with van der Waals surface area (Å²) in [6.45, 7) is 7.16. The third-order valence-corrected chi connectivity index (χ3v) is 5.53. The minimum Gasteiger partial charge on any atom is -0.354 e. The summed E-state index contributed by atoms with van der Waals surface area (Å²) >= 11 is 0. The average Bonchev–Trinajstić information content (AvgIpc) is 2.99. The van der Waals surface area contributed by atoms with Gasteiger partial charge in [-0.1, -0.05) is 24.3 Å². The molecular formula is C19H29N3O. The number of rotatable bonds is 4. The van der Waals surface area contributed by atoms with Gasteiger partial charge in [-0.3, -0.25) is 9.69 Å². The average molecular weight is 315 g/mol. The molecule has 0 spiro atoms. The molecule has 1 heterocycles. The largest absolute Gasteiger partial charge is 0.354 e. The molecule has 2 unspecified atom stereocenters. The first kappa shape index (κ1) is 16.5. The highest BCUT2D eigenvalue weighted by atomic mass is 16.1. The zero-order chi connectivity index (χ0) is 16.4. The molecule has 2 atom stereocenters. The van der Waals surface area contributed by atoms with Crippen LogP contribution in [-0.2, 0) is 17.8 Å². The van der Waals surface area contributed by atoms with E-state index in [1.54, 1.807) is 0 Å². The van der Waals surface area contributed by atoms with Crippen molar-refractivity contribution < 1.29 is 4.79 Å². The summed E-state index contributed by atoms with van der Waals surface area (Å²) in [5.74, 6) is 0.298.